The van der Waals surface area contributed by atoms with Gasteiger partial charge in [0.1, 0.15) is 12.2 Å². The zero-order chi connectivity index (χ0) is 10.1. The summed E-state index contributed by atoms with van der Waals surface area (Å²) in [5.74, 6) is -1.15. The van der Waals surface area contributed by atoms with Crippen molar-refractivity contribution in [3.63, 3.8) is 0 Å². The van der Waals surface area contributed by atoms with Gasteiger partial charge in [0, 0.05) is 0 Å². The molecule has 74 valence electrons. The van der Waals surface area contributed by atoms with Gasteiger partial charge >= 0.3 is 0 Å². The highest BCUT2D eigenvalue weighted by molar-refractivity contribution is 5.93. The molecule has 2 atom stereocenters. The van der Waals surface area contributed by atoms with Crippen LogP contribution in [-0.4, -0.2) is 35.5 Å². The summed E-state index contributed by atoms with van der Waals surface area (Å²) in [6, 6.07) is 0. The van der Waals surface area contributed by atoms with E-state index in [2.05, 4.69) is 6.58 Å². The Morgan fingerprint density at radius 1 is 1.77 bits per heavy atom. The Morgan fingerprint density at radius 2 is 2.38 bits per heavy atom. The molecule has 1 N–H and O–H groups in total. The monoisotopic (exact) mass is 186 g/mol. The normalized spacial score (nSPS) is 28.4. The van der Waals surface area contributed by atoms with Gasteiger partial charge in [-0.25, -0.2) is 0 Å². The molecule has 0 saturated carbocycles. The maximum absolute atomic E-state index is 11.0. The topological polar surface area (TPSA) is 55.8 Å². The predicted molar refractivity (Wildman–Crippen MR) is 46.1 cm³/mol. The highest BCUT2D eigenvalue weighted by Gasteiger charge is 2.38. The minimum Gasteiger partial charge on any atom is -0.382 e. The Hall–Kier alpha value is -0.710. The Morgan fingerprint density at radius 3 is 2.77 bits per heavy atom. The molecule has 4 nitrogen and oxygen atoms in total. The lowest BCUT2D eigenvalue weighted by Crippen LogP contribution is -2.35. The van der Waals surface area contributed by atoms with Crippen molar-refractivity contribution in [3.05, 3.63) is 12.7 Å². The number of hydrogen-bond donors (Lipinski definition) is 1. The first-order valence-corrected chi connectivity index (χ1v) is 4.12. The molecule has 1 aliphatic heterocycles. The van der Waals surface area contributed by atoms with Crippen LogP contribution in [0.1, 0.15) is 13.8 Å². The fourth-order valence-corrected chi connectivity index (χ4v) is 1.17. The van der Waals surface area contributed by atoms with Crippen LogP contribution in [0.3, 0.4) is 0 Å². The maximum atomic E-state index is 11.0. The third-order valence-electron chi connectivity index (χ3n) is 1.88. The molecule has 13 heavy (non-hydrogen) atoms. The van der Waals surface area contributed by atoms with Crippen LogP contribution in [0.4, 0.5) is 0 Å². The highest BCUT2D eigenvalue weighted by atomic mass is 16.7. The lowest BCUT2D eigenvalue weighted by Gasteiger charge is -2.18. The van der Waals surface area contributed by atoms with E-state index in [4.69, 9.17) is 9.47 Å². The van der Waals surface area contributed by atoms with Gasteiger partial charge in [0.15, 0.2) is 11.6 Å². The number of hydrogen-bond acceptors (Lipinski definition) is 4. The Balaban J connectivity index is 2.56. The van der Waals surface area contributed by atoms with Crippen molar-refractivity contribution in [1.82, 2.24) is 0 Å². The molecule has 0 radical (unpaired) electrons. The zero-order valence-electron chi connectivity index (χ0n) is 7.82. The van der Waals surface area contributed by atoms with E-state index in [-0.39, 0.29) is 6.61 Å². The fourth-order valence-electron chi connectivity index (χ4n) is 1.17. The van der Waals surface area contributed by atoms with Crippen LogP contribution < -0.4 is 0 Å². The van der Waals surface area contributed by atoms with Crippen molar-refractivity contribution >= 4 is 5.78 Å². The zero-order valence-corrected chi connectivity index (χ0v) is 7.82. The second kappa shape index (κ2) is 3.57. The number of ketones is 1. The predicted octanol–water partition coefficient (Wildman–Crippen LogP) is 0.254. The highest BCUT2D eigenvalue weighted by Crippen LogP contribution is 2.24. The first-order valence-electron chi connectivity index (χ1n) is 4.12. The number of aliphatic hydroxyl groups is 1. The molecule has 0 aliphatic carbocycles. The van der Waals surface area contributed by atoms with Crippen LogP contribution in [0, 0.1) is 0 Å². The van der Waals surface area contributed by atoms with Gasteiger partial charge in [0.2, 0.25) is 0 Å². The molecular formula is C9H14O4. The molecule has 0 unspecified atom stereocenters. The molecule has 0 amide bonds. The second-order valence-electron chi connectivity index (χ2n) is 3.42. The molecule has 1 rings (SSSR count). The van der Waals surface area contributed by atoms with Gasteiger partial charge < -0.3 is 14.6 Å². The van der Waals surface area contributed by atoms with Crippen molar-refractivity contribution < 1.29 is 19.4 Å². The van der Waals surface area contributed by atoms with Gasteiger partial charge in [-0.15, -0.1) is 0 Å². The Labute approximate surface area is 77.1 Å². The van der Waals surface area contributed by atoms with E-state index in [0.717, 1.165) is 6.08 Å². The maximum Gasteiger partial charge on any atom is 0.186 e. The van der Waals surface area contributed by atoms with Gasteiger partial charge in [0.25, 0.3) is 0 Å². The van der Waals surface area contributed by atoms with Gasteiger partial charge in [-0.05, 0) is 19.9 Å². The molecule has 1 saturated heterocycles. The van der Waals surface area contributed by atoms with Crippen molar-refractivity contribution in [2.24, 2.45) is 0 Å². The molecule has 1 heterocycles. The summed E-state index contributed by atoms with van der Waals surface area (Å²) in [5, 5.41) is 9.42. The van der Waals surface area contributed by atoms with E-state index >= 15 is 0 Å². The summed E-state index contributed by atoms with van der Waals surface area (Å²) in [5.41, 5.74) is 0. The van der Waals surface area contributed by atoms with Crippen LogP contribution in [0.2, 0.25) is 0 Å². The first-order chi connectivity index (χ1) is 5.96. The number of aliphatic hydroxyl groups excluding tert-OH is 1. The lowest BCUT2D eigenvalue weighted by molar-refractivity contribution is -0.155. The van der Waals surface area contributed by atoms with Crippen LogP contribution in [0.5, 0.6) is 0 Å². The van der Waals surface area contributed by atoms with Gasteiger partial charge in [0.05, 0.1) is 6.61 Å². The number of rotatable bonds is 3. The van der Waals surface area contributed by atoms with E-state index in [0.29, 0.717) is 0 Å². The molecule has 0 aromatic rings. The quantitative estimate of drug-likeness (QED) is 0.642. The average molecular weight is 186 g/mol. The Kier molecular flexibility index (Phi) is 2.85. The molecule has 1 aliphatic rings. The summed E-state index contributed by atoms with van der Waals surface area (Å²) in [7, 11) is 0. The summed E-state index contributed by atoms with van der Waals surface area (Å²) < 4.78 is 10.5. The SMILES string of the molecule is C=CC(=O)[C@H](O)[C@H]1COC(C)(C)O1. The second-order valence-corrected chi connectivity index (χ2v) is 3.42. The van der Waals surface area contributed by atoms with Crippen LogP contribution in [0.15, 0.2) is 12.7 Å². The molecule has 0 aromatic carbocycles. The Bertz CT molecular complexity index is 222. The molecule has 0 aromatic heterocycles. The number of ether oxygens (including phenoxy) is 2. The van der Waals surface area contributed by atoms with E-state index in [1.54, 1.807) is 13.8 Å². The minimum absolute atomic E-state index is 0.230. The average Bonchev–Trinajstić information content (AvgIpc) is 2.43. The summed E-state index contributed by atoms with van der Waals surface area (Å²) >= 11 is 0. The van der Waals surface area contributed by atoms with Gasteiger partial charge in [-0.2, -0.15) is 0 Å². The van der Waals surface area contributed by atoms with Crippen molar-refractivity contribution in [2.45, 2.75) is 31.8 Å². The van der Waals surface area contributed by atoms with E-state index < -0.39 is 23.8 Å². The third kappa shape index (κ3) is 2.37. The van der Waals surface area contributed by atoms with Gasteiger partial charge in [-0.1, -0.05) is 6.58 Å². The summed E-state index contributed by atoms with van der Waals surface area (Å²) in [6.45, 7) is 6.98. The van der Waals surface area contributed by atoms with Crippen LogP contribution in [-0.2, 0) is 14.3 Å². The largest absolute Gasteiger partial charge is 0.382 e. The lowest BCUT2D eigenvalue weighted by atomic mass is 10.1. The van der Waals surface area contributed by atoms with E-state index in [9.17, 15) is 9.90 Å². The summed E-state index contributed by atoms with van der Waals surface area (Å²) in [4.78, 5) is 11.0. The van der Waals surface area contributed by atoms with Crippen molar-refractivity contribution in [3.8, 4) is 0 Å². The minimum atomic E-state index is -1.17. The third-order valence-corrected chi connectivity index (χ3v) is 1.88. The molecule has 1 fully saturated rings. The van der Waals surface area contributed by atoms with E-state index in [1.165, 1.54) is 0 Å². The van der Waals surface area contributed by atoms with Crippen molar-refractivity contribution in [1.29, 1.82) is 0 Å². The van der Waals surface area contributed by atoms with Crippen LogP contribution >= 0.6 is 0 Å². The molecule has 4 heteroatoms. The molecular weight excluding hydrogens is 172 g/mol. The molecule has 0 spiro atoms. The van der Waals surface area contributed by atoms with Gasteiger partial charge in [-0.3, -0.25) is 4.79 Å². The summed E-state index contributed by atoms with van der Waals surface area (Å²) in [6.07, 6.45) is -0.668. The van der Waals surface area contributed by atoms with E-state index in [1.807, 2.05) is 0 Å². The van der Waals surface area contributed by atoms with Crippen molar-refractivity contribution in [2.75, 3.05) is 6.61 Å². The fraction of sp³-hybridized carbons (Fsp3) is 0.667. The standard InChI is InChI=1S/C9H14O4/c1-4-6(10)8(11)7-5-12-9(2,3)13-7/h4,7-8,11H,1,5H2,2-3H3/t7-,8+/m1/s1. The molecule has 0 bridgehead atoms. The number of carbonyl (C=O) groups is 1. The smallest absolute Gasteiger partial charge is 0.186 e. The first kappa shape index (κ1) is 10.4. The number of carbonyl (C=O) groups excluding carboxylic acids is 1. The van der Waals surface area contributed by atoms with Crippen LogP contribution in [0.25, 0.3) is 0 Å².